The number of ether oxygens (including phenoxy) is 1. The predicted octanol–water partition coefficient (Wildman–Crippen LogP) is 3.54. The average molecular weight is 491 g/mol. The number of amides is 2. The lowest BCUT2D eigenvalue weighted by atomic mass is 10.2. The first-order valence-corrected chi connectivity index (χ1v) is 11.9. The van der Waals surface area contributed by atoms with Crippen molar-refractivity contribution in [2.75, 3.05) is 55.9 Å². The average Bonchev–Trinajstić information content (AvgIpc) is 3.41. The maximum atomic E-state index is 12.4. The Morgan fingerprint density at radius 2 is 1.86 bits per heavy atom. The van der Waals surface area contributed by atoms with Crippen molar-refractivity contribution in [1.82, 2.24) is 24.7 Å². The van der Waals surface area contributed by atoms with Gasteiger partial charge in [0.15, 0.2) is 17.4 Å². The topological polar surface area (TPSA) is 113 Å². The number of rotatable bonds is 6. The van der Waals surface area contributed by atoms with Gasteiger partial charge >= 0.3 is 6.03 Å². The molecule has 11 nitrogen and oxygen atoms in total. The maximum Gasteiger partial charge on any atom is 0.323 e. The van der Waals surface area contributed by atoms with Crippen LogP contribution >= 0.6 is 0 Å². The summed E-state index contributed by atoms with van der Waals surface area (Å²) in [5.74, 6) is 2.07. The lowest BCUT2D eigenvalue weighted by molar-refractivity contribution is 0.122. The fourth-order valence-electron chi connectivity index (χ4n) is 4.26. The van der Waals surface area contributed by atoms with E-state index in [1.165, 1.54) is 5.56 Å². The van der Waals surface area contributed by atoms with Gasteiger partial charge in [-0.05, 0) is 63.8 Å². The third-order valence-electron chi connectivity index (χ3n) is 5.98. The van der Waals surface area contributed by atoms with Crippen LogP contribution in [0, 0.1) is 13.8 Å². The van der Waals surface area contributed by atoms with Gasteiger partial charge in [-0.25, -0.2) is 14.3 Å². The van der Waals surface area contributed by atoms with E-state index in [1.807, 2.05) is 42.9 Å². The maximum absolute atomic E-state index is 12.4. The molecular formula is C25H30N8O3. The quantitative estimate of drug-likeness (QED) is 0.422. The molecule has 1 fully saturated rings. The van der Waals surface area contributed by atoms with Crippen LogP contribution in [0.1, 0.15) is 17.0 Å². The van der Waals surface area contributed by atoms with Crippen molar-refractivity contribution in [2.45, 2.75) is 20.4 Å². The summed E-state index contributed by atoms with van der Waals surface area (Å²) in [7, 11) is 4.10. The van der Waals surface area contributed by atoms with Crippen molar-refractivity contribution < 1.29 is 14.1 Å². The second-order valence-corrected chi connectivity index (χ2v) is 9.13. The van der Waals surface area contributed by atoms with Crippen LogP contribution in [0.15, 0.2) is 41.1 Å². The molecule has 4 heterocycles. The van der Waals surface area contributed by atoms with Gasteiger partial charge in [0.1, 0.15) is 16.9 Å². The number of nitrogens with one attached hydrogen (secondary N) is 2. The summed E-state index contributed by atoms with van der Waals surface area (Å²) in [6.45, 7) is 7.25. The Kier molecular flexibility index (Phi) is 6.57. The first-order valence-electron chi connectivity index (χ1n) is 11.9. The number of aryl methyl sites for hydroxylation is 2. The summed E-state index contributed by atoms with van der Waals surface area (Å²) in [4.78, 5) is 21.8. The van der Waals surface area contributed by atoms with E-state index in [-0.39, 0.29) is 6.03 Å². The molecule has 1 aliphatic heterocycles. The van der Waals surface area contributed by atoms with Gasteiger partial charge in [0.05, 0.1) is 13.2 Å². The van der Waals surface area contributed by atoms with Crippen LogP contribution in [-0.2, 0) is 11.3 Å². The smallest absolute Gasteiger partial charge is 0.323 e. The number of nitrogens with zero attached hydrogens (tertiary/aromatic N) is 6. The van der Waals surface area contributed by atoms with Crippen molar-refractivity contribution in [3.8, 4) is 11.4 Å². The van der Waals surface area contributed by atoms with Gasteiger partial charge in [0.25, 0.3) is 0 Å². The Hall–Kier alpha value is -3.96. The zero-order valence-electron chi connectivity index (χ0n) is 20.9. The van der Waals surface area contributed by atoms with E-state index in [9.17, 15) is 4.79 Å². The zero-order chi connectivity index (χ0) is 25.2. The van der Waals surface area contributed by atoms with Gasteiger partial charge < -0.3 is 29.7 Å². The molecule has 0 aliphatic carbocycles. The number of anilines is 3. The summed E-state index contributed by atoms with van der Waals surface area (Å²) >= 11 is 0. The fraction of sp³-hybridized carbons (Fsp3) is 0.360. The molecule has 1 aliphatic rings. The summed E-state index contributed by atoms with van der Waals surface area (Å²) in [6.07, 6.45) is 2.05. The van der Waals surface area contributed by atoms with Gasteiger partial charge in [-0.2, -0.15) is 0 Å². The Labute approximate surface area is 209 Å². The summed E-state index contributed by atoms with van der Waals surface area (Å²) in [5, 5.41) is 14.3. The number of fused-ring (bicyclic) bond motifs is 1. The monoisotopic (exact) mass is 490 g/mol. The number of urea groups is 1. The van der Waals surface area contributed by atoms with Crippen LogP contribution in [0.5, 0.6) is 0 Å². The summed E-state index contributed by atoms with van der Waals surface area (Å²) in [5.41, 5.74) is 4.84. The molecule has 2 N–H and O–H groups in total. The van der Waals surface area contributed by atoms with E-state index < -0.39 is 0 Å². The van der Waals surface area contributed by atoms with E-state index in [0.29, 0.717) is 41.9 Å². The normalized spacial score (nSPS) is 14.0. The third-order valence-corrected chi connectivity index (χ3v) is 5.98. The summed E-state index contributed by atoms with van der Waals surface area (Å²) in [6, 6.07) is 9.25. The van der Waals surface area contributed by atoms with Crippen LogP contribution in [0.2, 0.25) is 0 Å². The first-order chi connectivity index (χ1) is 17.4. The number of carbonyl (C=O) groups excluding carboxylic acids is 1. The SMILES string of the molecule is Cc1noc(C)c1NC(=O)Nc1ccc(-c2nc(N3CCOCC3)c3cc(CN(C)C)cn3n2)cc1. The fourth-order valence-corrected chi connectivity index (χ4v) is 4.26. The molecular weight excluding hydrogens is 460 g/mol. The summed E-state index contributed by atoms with van der Waals surface area (Å²) < 4.78 is 12.6. The lowest BCUT2D eigenvalue weighted by Crippen LogP contribution is -2.37. The standard InChI is InChI=1S/C25H30N8O3/c1-16-22(17(2)36-30-16)27-25(34)26-20-7-5-19(6-8-20)23-28-24(32-9-11-35-12-10-32)21-13-18(14-31(3)4)15-33(21)29-23/h5-8,13,15H,9-12,14H2,1-4H3,(H2,26,27,34). The molecule has 0 spiro atoms. The highest BCUT2D eigenvalue weighted by atomic mass is 16.5. The zero-order valence-corrected chi connectivity index (χ0v) is 20.9. The highest BCUT2D eigenvalue weighted by Gasteiger charge is 2.20. The molecule has 1 saturated heterocycles. The van der Waals surface area contributed by atoms with Crippen LogP contribution in [0.4, 0.5) is 22.0 Å². The molecule has 188 valence electrons. The van der Waals surface area contributed by atoms with E-state index in [4.69, 9.17) is 19.3 Å². The van der Waals surface area contributed by atoms with Gasteiger partial charge in [-0.3, -0.25) is 0 Å². The minimum Gasteiger partial charge on any atom is -0.378 e. The Bertz CT molecular complexity index is 1350. The van der Waals surface area contributed by atoms with Crippen LogP contribution in [0.25, 0.3) is 16.9 Å². The van der Waals surface area contributed by atoms with E-state index in [2.05, 4.69) is 37.9 Å². The van der Waals surface area contributed by atoms with Crippen molar-refractivity contribution in [2.24, 2.45) is 0 Å². The van der Waals surface area contributed by atoms with Gasteiger partial charge in [-0.15, -0.1) is 5.10 Å². The number of morpholine rings is 1. The number of hydrogen-bond acceptors (Lipinski definition) is 8. The molecule has 0 saturated carbocycles. The first kappa shape index (κ1) is 23.8. The van der Waals surface area contributed by atoms with E-state index >= 15 is 0 Å². The van der Waals surface area contributed by atoms with E-state index in [0.717, 1.165) is 36.5 Å². The molecule has 0 bridgehead atoms. The molecule has 0 atom stereocenters. The Morgan fingerprint density at radius 1 is 1.11 bits per heavy atom. The number of benzene rings is 1. The van der Waals surface area contributed by atoms with E-state index in [1.54, 1.807) is 13.8 Å². The van der Waals surface area contributed by atoms with Gasteiger partial charge in [0, 0.05) is 37.1 Å². The molecule has 2 amide bonds. The van der Waals surface area contributed by atoms with Gasteiger partial charge in [0.2, 0.25) is 0 Å². The lowest BCUT2D eigenvalue weighted by Gasteiger charge is -2.28. The Morgan fingerprint density at radius 3 is 2.53 bits per heavy atom. The molecule has 36 heavy (non-hydrogen) atoms. The molecule has 0 radical (unpaired) electrons. The van der Waals surface area contributed by atoms with Crippen molar-refractivity contribution in [1.29, 1.82) is 0 Å². The third kappa shape index (κ3) is 5.02. The molecule has 0 unspecified atom stereocenters. The molecule has 4 aromatic rings. The van der Waals surface area contributed by atoms with Crippen LogP contribution in [-0.4, -0.2) is 71.1 Å². The second-order valence-electron chi connectivity index (χ2n) is 9.13. The Balaban J connectivity index is 1.40. The minimum absolute atomic E-state index is 0.370. The van der Waals surface area contributed by atoms with Crippen molar-refractivity contribution in [3.63, 3.8) is 0 Å². The van der Waals surface area contributed by atoms with Crippen LogP contribution in [0.3, 0.4) is 0 Å². The molecule has 1 aromatic carbocycles. The predicted molar refractivity (Wildman–Crippen MR) is 137 cm³/mol. The highest BCUT2D eigenvalue weighted by molar-refractivity contribution is 6.00. The van der Waals surface area contributed by atoms with Crippen LogP contribution < -0.4 is 15.5 Å². The number of aromatic nitrogens is 4. The van der Waals surface area contributed by atoms with Crippen molar-refractivity contribution >= 4 is 28.7 Å². The second kappa shape index (κ2) is 9.96. The van der Waals surface area contributed by atoms with Gasteiger partial charge in [-0.1, -0.05) is 5.16 Å². The molecule has 3 aromatic heterocycles. The molecule has 11 heteroatoms. The number of hydrogen-bond donors (Lipinski definition) is 2. The molecule has 5 rings (SSSR count). The van der Waals surface area contributed by atoms with Crippen molar-refractivity contribution in [3.05, 3.63) is 53.5 Å². The highest BCUT2D eigenvalue weighted by Crippen LogP contribution is 2.27. The minimum atomic E-state index is -0.370. The number of carbonyl (C=O) groups is 1. The largest absolute Gasteiger partial charge is 0.378 e.